The van der Waals surface area contributed by atoms with Crippen LogP contribution < -0.4 is 5.32 Å². The van der Waals surface area contributed by atoms with Crippen LogP contribution in [-0.4, -0.2) is 16.2 Å². The highest BCUT2D eigenvalue weighted by molar-refractivity contribution is 7.07. The molecule has 2 rings (SSSR count). The fourth-order valence-electron chi connectivity index (χ4n) is 1.58. The molecule has 0 saturated heterocycles. The van der Waals surface area contributed by atoms with E-state index in [2.05, 4.69) is 45.3 Å². The summed E-state index contributed by atoms with van der Waals surface area (Å²) >= 11 is 1.69. The first-order chi connectivity index (χ1) is 8.29. The molecular weight excluding hydrogens is 232 g/mol. The lowest BCUT2D eigenvalue weighted by Crippen LogP contribution is -2.19. The van der Waals surface area contributed by atoms with Crippen LogP contribution in [0.4, 0.5) is 5.82 Å². The number of hydrogen-bond acceptors (Lipinski definition) is 5. The zero-order valence-electron chi connectivity index (χ0n) is 9.42. The third kappa shape index (κ3) is 3.02. The summed E-state index contributed by atoms with van der Waals surface area (Å²) in [5.41, 5.74) is 1.81. The summed E-state index contributed by atoms with van der Waals surface area (Å²) in [6.07, 6.45) is 2.43. The van der Waals surface area contributed by atoms with Crippen LogP contribution in [0.1, 0.15) is 18.1 Å². The van der Waals surface area contributed by atoms with E-state index in [0.717, 1.165) is 6.42 Å². The Morgan fingerprint density at radius 1 is 1.53 bits per heavy atom. The first-order valence-corrected chi connectivity index (χ1v) is 6.23. The normalized spacial score (nSPS) is 11.8. The molecule has 0 radical (unpaired) electrons. The summed E-state index contributed by atoms with van der Waals surface area (Å²) in [7, 11) is 0. The highest BCUT2D eigenvalue weighted by Gasteiger charge is 2.08. The molecule has 0 aromatic carbocycles. The van der Waals surface area contributed by atoms with Crippen molar-refractivity contribution < 1.29 is 0 Å². The van der Waals surface area contributed by atoms with E-state index in [-0.39, 0.29) is 6.04 Å². The zero-order valence-corrected chi connectivity index (χ0v) is 10.2. The van der Waals surface area contributed by atoms with E-state index in [4.69, 9.17) is 5.26 Å². The Balaban J connectivity index is 2.03. The maximum absolute atomic E-state index is 8.93. The predicted octanol–water partition coefficient (Wildman–Crippen LogP) is 2.45. The molecule has 86 valence electrons. The average Bonchev–Trinajstić information content (AvgIpc) is 2.82. The van der Waals surface area contributed by atoms with Crippen molar-refractivity contribution in [2.45, 2.75) is 19.4 Å². The smallest absolute Gasteiger partial charge is 0.166 e. The second-order valence-corrected chi connectivity index (χ2v) is 4.57. The second kappa shape index (κ2) is 5.41. The summed E-state index contributed by atoms with van der Waals surface area (Å²) in [5.74, 6) is 0.553. The molecule has 2 heterocycles. The molecule has 2 aromatic rings. The highest BCUT2D eigenvalue weighted by Crippen LogP contribution is 2.13. The van der Waals surface area contributed by atoms with E-state index in [0.29, 0.717) is 11.4 Å². The minimum atomic E-state index is 0.216. The van der Waals surface area contributed by atoms with Crippen molar-refractivity contribution in [3.8, 4) is 6.07 Å². The van der Waals surface area contributed by atoms with Gasteiger partial charge in [-0.2, -0.15) is 21.7 Å². The maximum atomic E-state index is 8.93. The number of anilines is 1. The van der Waals surface area contributed by atoms with E-state index >= 15 is 0 Å². The number of nitrogens with zero attached hydrogens (tertiary/aromatic N) is 3. The SMILES string of the molecule is CC(Cc1ccsc1)Nc1nnccc1C#N. The molecule has 4 nitrogen and oxygen atoms in total. The van der Waals surface area contributed by atoms with Crippen LogP contribution in [0.25, 0.3) is 0 Å². The van der Waals surface area contributed by atoms with E-state index in [1.165, 1.54) is 11.8 Å². The summed E-state index contributed by atoms with van der Waals surface area (Å²) in [5, 5.41) is 24.0. The van der Waals surface area contributed by atoms with Crippen molar-refractivity contribution >= 4 is 17.2 Å². The quantitative estimate of drug-likeness (QED) is 0.897. The Kier molecular flexibility index (Phi) is 3.68. The molecule has 0 fully saturated rings. The van der Waals surface area contributed by atoms with Crippen molar-refractivity contribution in [2.75, 3.05) is 5.32 Å². The molecule has 1 unspecified atom stereocenters. The predicted molar refractivity (Wildman–Crippen MR) is 67.9 cm³/mol. The van der Waals surface area contributed by atoms with Gasteiger partial charge >= 0.3 is 0 Å². The second-order valence-electron chi connectivity index (χ2n) is 3.79. The zero-order chi connectivity index (χ0) is 12.1. The van der Waals surface area contributed by atoms with Gasteiger partial charge in [0.15, 0.2) is 5.82 Å². The summed E-state index contributed by atoms with van der Waals surface area (Å²) < 4.78 is 0. The third-order valence-corrected chi connectivity index (χ3v) is 3.08. The highest BCUT2D eigenvalue weighted by atomic mass is 32.1. The molecule has 1 atom stereocenters. The Morgan fingerprint density at radius 2 is 2.41 bits per heavy atom. The molecule has 0 aliphatic heterocycles. The molecule has 0 bridgehead atoms. The third-order valence-electron chi connectivity index (χ3n) is 2.35. The van der Waals surface area contributed by atoms with Gasteiger partial charge < -0.3 is 5.32 Å². The Bertz CT molecular complexity index is 516. The molecular formula is C12H12N4S. The molecule has 0 amide bonds. The molecule has 0 aliphatic carbocycles. The number of thiophene rings is 1. The van der Waals surface area contributed by atoms with Gasteiger partial charge in [-0.05, 0) is 41.8 Å². The largest absolute Gasteiger partial charge is 0.365 e. The van der Waals surface area contributed by atoms with Crippen LogP contribution in [0.2, 0.25) is 0 Å². The van der Waals surface area contributed by atoms with Gasteiger partial charge in [0.05, 0.1) is 11.8 Å². The van der Waals surface area contributed by atoms with Crippen molar-refractivity contribution in [1.29, 1.82) is 5.26 Å². The molecule has 2 aromatic heterocycles. The number of aromatic nitrogens is 2. The minimum Gasteiger partial charge on any atom is -0.365 e. The van der Waals surface area contributed by atoms with Gasteiger partial charge in [-0.1, -0.05) is 0 Å². The first-order valence-electron chi connectivity index (χ1n) is 5.29. The Hall–Kier alpha value is -1.93. The summed E-state index contributed by atoms with van der Waals surface area (Å²) in [6, 6.07) is 6.07. The van der Waals surface area contributed by atoms with E-state index in [9.17, 15) is 0 Å². The van der Waals surface area contributed by atoms with Gasteiger partial charge in [0.25, 0.3) is 0 Å². The lowest BCUT2D eigenvalue weighted by atomic mass is 10.1. The topological polar surface area (TPSA) is 61.6 Å². The van der Waals surface area contributed by atoms with Gasteiger partial charge in [0.1, 0.15) is 6.07 Å². The van der Waals surface area contributed by atoms with Crippen LogP contribution in [0.15, 0.2) is 29.1 Å². The molecule has 0 saturated carbocycles. The Labute approximate surface area is 104 Å². The molecule has 1 N–H and O–H groups in total. The van der Waals surface area contributed by atoms with Crippen LogP contribution in [0, 0.1) is 11.3 Å². The average molecular weight is 244 g/mol. The number of nitrogens with one attached hydrogen (secondary N) is 1. The van der Waals surface area contributed by atoms with Crippen molar-refractivity contribution in [2.24, 2.45) is 0 Å². The fraction of sp³-hybridized carbons (Fsp3) is 0.250. The van der Waals surface area contributed by atoms with E-state index in [1.54, 1.807) is 17.4 Å². The van der Waals surface area contributed by atoms with Gasteiger partial charge in [-0.3, -0.25) is 0 Å². The van der Waals surface area contributed by atoms with E-state index in [1.807, 2.05) is 0 Å². The Morgan fingerprint density at radius 3 is 3.12 bits per heavy atom. The molecule has 17 heavy (non-hydrogen) atoms. The van der Waals surface area contributed by atoms with Crippen molar-refractivity contribution in [1.82, 2.24) is 10.2 Å². The van der Waals surface area contributed by atoms with Crippen LogP contribution >= 0.6 is 11.3 Å². The maximum Gasteiger partial charge on any atom is 0.166 e. The van der Waals surface area contributed by atoms with Gasteiger partial charge in [-0.25, -0.2) is 0 Å². The van der Waals surface area contributed by atoms with Crippen LogP contribution in [0.5, 0.6) is 0 Å². The van der Waals surface area contributed by atoms with Crippen LogP contribution in [0.3, 0.4) is 0 Å². The van der Waals surface area contributed by atoms with Gasteiger partial charge in [0, 0.05) is 6.04 Å². The minimum absolute atomic E-state index is 0.216. The number of rotatable bonds is 4. The lowest BCUT2D eigenvalue weighted by Gasteiger charge is -2.13. The van der Waals surface area contributed by atoms with Crippen LogP contribution in [-0.2, 0) is 6.42 Å². The van der Waals surface area contributed by atoms with Crippen molar-refractivity contribution in [3.63, 3.8) is 0 Å². The number of hydrogen-bond donors (Lipinski definition) is 1. The standard InChI is InChI=1S/C12H12N4S/c1-9(6-10-3-5-17-8-10)15-12-11(7-13)2-4-14-16-12/h2-5,8-9H,6H2,1H3,(H,15,16). The first kappa shape index (κ1) is 11.6. The molecule has 5 heteroatoms. The van der Waals surface area contributed by atoms with E-state index < -0.39 is 0 Å². The fourth-order valence-corrected chi connectivity index (χ4v) is 2.26. The number of nitriles is 1. The molecule has 0 spiro atoms. The monoisotopic (exact) mass is 244 g/mol. The van der Waals surface area contributed by atoms with Crippen molar-refractivity contribution in [3.05, 3.63) is 40.2 Å². The van der Waals surface area contributed by atoms with Gasteiger partial charge in [0.2, 0.25) is 0 Å². The summed E-state index contributed by atoms with van der Waals surface area (Å²) in [6.45, 7) is 2.06. The lowest BCUT2D eigenvalue weighted by molar-refractivity contribution is 0.780. The summed E-state index contributed by atoms with van der Waals surface area (Å²) in [4.78, 5) is 0. The van der Waals surface area contributed by atoms with Gasteiger partial charge in [-0.15, -0.1) is 5.10 Å². The molecule has 0 aliphatic rings.